The Labute approximate surface area is 130 Å². The van der Waals surface area contributed by atoms with Crippen LogP contribution < -0.4 is 0 Å². The number of ether oxygens (including phenoxy) is 2. The van der Waals surface area contributed by atoms with Crippen molar-refractivity contribution in [3.63, 3.8) is 0 Å². The van der Waals surface area contributed by atoms with Gasteiger partial charge in [-0.05, 0) is 45.4 Å². The normalized spacial score (nSPS) is 35.4. The number of allylic oxidation sites excluding steroid dienone is 3. The van der Waals surface area contributed by atoms with Crippen LogP contribution in [0.15, 0.2) is 23.8 Å². The van der Waals surface area contributed by atoms with Gasteiger partial charge in [0.2, 0.25) is 0 Å². The topological polar surface area (TPSA) is 18.5 Å². The Bertz CT molecular complexity index is 446. The molecule has 0 unspecified atom stereocenters. The average molecular weight is 292 g/mol. The lowest BCUT2D eigenvalue weighted by Gasteiger charge is -2.38. The molecule has 1 aliphatic heterocycles. The largest absolute Gasteiger partial charge is 0.344 e. The van der Waals surface area contributed by atoms with Crippen LogP contribution in [0.25, 0.3) is 0 Å². The van der Waals surface area contributed by atoms with Crippen LogP contribution >= 0.6 is 0 Å². The van der Waals surface area contributed by atoms with Crippen molar-refractivity contribution < 1.29 is 9.47 Å². The van der Waals surface area contributed by atoms with Crippen molar-refractivity contribution in [1.82, 2.24) is 0 Å². The first-order valence-corrected chi connectivity index (χ1v) is 8.22. The molecule has 0 N–H and O–H groups in total. The van der Waals surface area contributed by atoms with Crippen molar-refractivity contribution in [2.24, 2.45) is 16.7 Å². The van der Waals surface area contributed by atoms with E-state index in [-0.39, 0.29) is 23.0 Å². The molecule has 0 aromatic heterocycles. The highest BCUT2D eigenvalue weighted by atomic mass is 16.8. The van der Waals surface area contributed by atoms with E-state index in [2.05, 4.69) is 73.6 Å². The second-order valence-electron chi connectivity index (χ2n) is 8.12. The lowest BCUT2D eigenvalue weighted by atomic mass is 9.75. The highest BCUT2D eigenvalue weighted by molar-refractivity contribution is 5.23. The molecule has 0 aromatic carbocycles. The summed E-state index contributed by atoms with van der Waals surface area (Å²) in [5.74, 6) is 0.0183. The van der Waals surface area contributed by atoms with Gasteiger partial charge in [-0.15, -0.1) is 0 Å². The van der Waals surface area contributed by atoms with Crippen molar-refractivity contribution in [3.8, 4) is 0 Å². The molecule has 0 radical (unpaired) electrons. The number of hydrogen-bond acceptors (Lipinski definition) is 2. The third-order valence-corrected chi connectivity index (χ3v) is 6.02. The molecule has 1 saturated heterocycles. The summed E-state index contributed by atoms with van der Waals surface area (Å²) in [4.78, 5) is 0. The molecule has 3 atom stereocenters. The summed E-state index contributed by atoms with van der Waals surface area (Å²) >= 11 is 0. The third kappa shape index (κ3) is 2.85. The summed E-state index contributed by atoms with van der Waals surface area (Å²) < 4.78 is 12.3. The molecule has 0 saturated carbocycles. The van der Waals surface area contributed by atoms with Crippen LogP contribution in [0.5, 0.6) is 0 Å². The van der Waals surface area contributed by atoms with E-state index in [4.69, 9.17) is 9.47 Å². The Morgan fingerprint density at radius 3 is 2.10 bits per heavy atom. The van der Waals surface area contributed by atoms with Crippen LogP contribution in [0.4, 0.5) is 0 Å². The van der Waals surface area contributed by atoms with Gasteiger partial charge in [0.25, 0.3) is 0 Å². The Morgan fingerprint density at radius 1 is 1.14 bits per heavy atom. The van der Waals surface area contributed by atoms with Crippen molar-refractivity contribution in [1.29, 1.82) is 0 Å². The first kappa shape index (κ1) is 16.8. The van der Waals surface area contributed by atoms with E-state index in [0.717, 1.165) is 6.42 Å². The van der Waals surface area contributed by atoms with Gasteiger partial charge < -0.3 is 9.47 Å². The Hall–Kier alpha value is -0.600. The summed E-state index contributed by atoms with van der Waals surface area (Å²) in [5.41, 5.74) is 1.60. The quantitative estimate of drug-likeness (QED) is 0.674. The van der Waals surface area contributed by atoms with E-state index < -0.39 is 5.79 Å². The van der Waals surface area contributed by atoms with E-state index in [1.54, 1.807) is 0 Å². The Morgan fingerprint density at radius 2 is 1.67 bits per heavy atom. The molecule has 0 amide bonds. The van der Waals surface area contributed by atoms with Crippen LogP contribution in [0.3, 0.4) is 0 Å². The summed E-state index contributed by atoms with van der Waals surface area (Å²) in [6, 6.07) is 0. The smallest absolute Gasteiger partial charge is 0.174 e. The second kappa shape index (κ2) is 5.24. The fourth-order valence-corrected chi connectivity index (χ4v) is 3.21. The fraction of sp³-hybridized carbons (Fsp3) is 0.789. The van der Waals surface area contributed by atoms with Gasteiger partial charge in [-0.1, -0.05) is 51.5 Å². The minimum atomic E-state index is -0.548. The van der Waals surface area contributed by atoms with Gasteiger partial charge in [0, 0.05) is 5.41 Å². The van der Waals surface area contributed by atoms with Crippen molar-refractivity contribution in [2.75, 3.05) is 0 Å². The molecule has 0 bridgehead atoms. The van der Waals surface area contributed by atoms with Gasteiger partial charge in [-0.2, -0.15) is 0 Å². The van der Waals surface area contributed by atoms with Crippen molar-refractivity contribution in [2.45, 2.75) is 79.8 Å². The maximum Gasteiger partial charge on any atom is 0.174 e. The van der Waals surface area contributed by atoms with Crippen LogP contribution in [-0.2, 0) is 9.47 Å². The molecule has 2 heteroatoms. The third-order valence-electron chi connectivity index (χ3n) is 6.02. The molecule has 2 aliphatic rings. The summed E-state index contributed by atoms with van der Waals surface area (Å²) in [6.07, 6.45) is 8.48. The van der Waals surface area contributed by atoms with Crippen LogP contribution in [0, 0.1) is 16.7 Å². The number of hydrogen-bond donors (Lipinski definition) is 0. The maximum absolute atomic E-state index is 6.13. The van der Waals surface area contributed by atoms with E-state index in [0.29, 0.717) is 5.92 Å². The zero-order chi connectivity index (χ0) is 16.1. The highest BCUT2D eigenvalue weighted by Gasteiger charge is 2.50. The van der Waals surface area contributed by atoms with E-state index in [9.17, 15) is 0 Å². The molecule has 1 fully saturated rings. The molecular formula is C19H32O2. The molecular weight excluding hydrogens is 260 g/mol. The van der Waals surface area contributed by atoms with Crippen LogP contribution in [0.2, 0.25) is 0 Å². The van der Waals surface area contributed by atoms with Crippen LogP contribution in [0.1, 0.15) is 61.8 Å². The Kier molecular flexibility index (Phi) is 4.18. The van der Waals surface area contributed by atoms with Crippen molar-refractivity contribution in [3.05, 3.63) is 23.8 Å². The van der Waals surface area contributed by atoms with Gasteiger partial charge in [-0.3, -0.25) is 0 Å². The molecule has 0 aromatic rings. The first-order valence-electron chi connectivity index (χ1n) is 8.22. The molecule has 2 nitrogen and oxygen atoms in total. The van der Waals surface area contributed by atoms with Gasteiger partial charge >= 0.3 is 0 Å². The van der Waals surface area contributed by atoms with E-state index in [1.807, 2.05) is 0 Å². The van der Waals surface area contributed by atoms with E-state index in [1.165, 1.54) is 5.57 Å². The fourth-order valence-electron chi connectivity index (χ4n) is 3.21. The summed E-state index contributed by atoms with van der Waals surface area (Å²) in [7, 11) is 0. The zero-order valence-electron chi connectivity index (χ0n) is 15.0. The monoisotopic (exact) mass is 292 g/mol. The molecule has 2 rings (SSSR count). The Balaban J connectivity index is 2.13. The maximum atomic E-state index is 6.13. The standard InChI is InChI=1S/C19H32O2/c1-13-9-10-16(18(13,6)7)11-12-17(4,5)19(8)20-14(2)15(3)21-19/h9,11-12,14-16H,10H2,1-8H3/b12-11+/t14-,15-,16+/m0/s1. The van der Waals surface area contributed by atoms with Gasteiger partial charge in [0.1, 0.15) is 0 Å². The molecule has 1 aliphatic carbocycles. The predicted octanol–water partition coefficient (Wildman–Crippen LogP) is 5.10. The molecule has 1 heterocycles. The SMILES string of the molecule is CC1=CC[C@H](/C=C/C(C)(C)C2(C)O[C@@H](C)[C@H](C)O2)C1(C)C. The van der Waals surface area contributed by atoms with Gasteiger partial charge in [0.05, 0.1) is 12.2 Å². The van der Waals surface area contributed by atoms with Gasteiger partial charge in [-0.25, -0.2) is 0 Å². The molecule has 120 valence electrons. The minimum absolute atomic E-state index is 0.148. The van der Waals surface area contributed by atoms with Gasteiger partial charge in [0.15, 0.2) is 5.79 Å². The summed E-state index contributed by atoms with van der Waals surface area (Å²) in [5, 5.41) is 0. The predicted molar refractivity (Wildman–Crippen MR) is 88.1 cm³/mol. The molecule has 21 heavy (non-hydrogen) atoms. The lowest BCUT2D eigenvalue weighted by molar-refractivity contribution is -0.212. The highest BCUT2D eigenvalue weighted by Crippen LogP contribution is 2.47. The molecule has 0 spiro atoms. The average Bonchev–Trinajstić information content (AvgIpc) is 2.76. The zero-order valence-corrected chi connectivity index (χ0v) is 15.0. The first-order chi connectivity index (χ1) is 9.49. The van der Waals surface area contributed by atoms with Crippen molar-refractivity contribution >= 4 is 0 Å². The minimum Gasteiger partial charge on any atom is -0.344 e. The second-order valence-corrected chi connectivity index (χ2v) is 8.12. The lowest BCUT2D eigenvalue weighted by Crippen LogP contribution is -2.42. The van der Waals surface area contributed by atoms with Crippen LogP contribution in [-0.4, -0.2) is 18.0 Å². The van der Waals surface area contributed by atoms with E-state index >= 15 is 0 Å². The number of rotatable bonds is 3. The summed E-state index contributed by atoms with van der Waals surface area (Å²) in [6.45, 7) is 17.6.